The summed E-state index contributed by atoms with van der Waals surface area (Å²) >= 11 is 1.46. The Hall–Kier alpha value is -1.36. The van der Waals surface area contributed by atoms with Gasteiger partial charge in [-0.1, -0.05) is 25.3 Å². The molecule has 0 amide bonds. The largest absolute Gasteiger partial charge is 0.481 e. The van der Waals surface area contributed by atoms with E-state index in [0.717, 1.165) is 17.7 Å². The molecule has 0 spiro atoms. The summed E-state index contributed by atoms with van der Waals surface area (Å²) in [4.78, 5) is 24.1. The summed E-state index contributed by atoms with van der Waals surface area (Å²) in [5.41, 5.74) is 0. The van der Waals surface area contributed by atoms with E-state index in [4.69, 9.17) is 4.74 Å². The molecule has 2 rings (SSSR count). The molecule has 0 bridgehead atoms. The van der Waals surface area contributed by atoms with E-state index in [0.29, 0.717) is 12.5 Å². The van der Waals surface area contributed by atoms with Crippen molar-refractivity contribution in [1.29, 1.82) is 0 Å². The molecule has 5 heteroatoms. The van der Waals surface area contributed by atoms with Crippen molar-refractivity contribution in [2.45, 2.75) is 38.5 Å². The first-order valence-corrected chi connectivity index (χ1v) is 7.96. The van der Waals surface area contributed by atoms with Gasteiger partial charge < -0.3 is 9.84 Å². The molecule has 0 aliphatic heterocycles. The zero-order valence-electron chi connectivity index (χ0n) is 11.4. The Labute approximate surface area is 122 Å². The van der Waals surface area contributed by atoms with Gasteiger partial charge in [-0.15, -0.1) is 11.3 Å². The molecule has 4 nitrogen and oxygen atoms in total. The minimum atomic E-state index is -1.10. The van der Waals surface area contributed by atoms with E-state index >= 15 is 0 Å². The summed E-state index contributed by atoms with van der Waals surface area (Å²) in [6.07, 6.45) is 5.99. The molecule has 1 aliphatic carbocycles. The summed E-state index contributed by atoms with van der Waals surface area (Å²) in [5, 5.41) is 11.1. The summed E-state index contributed by atoms with van der Waals surface area (Å²) in [6, 6.07) is 3.70. The Bertz CT molecular complexity index is 435. The lowest BCUT2D eigenvalue weighted by Gasteiger charge is -2.21. The first-order valence-electron chi connectivity index (χ1n) is 7.08. The van der Waals surface area contributed by atoms with Gasteiger partial charge in [0.2, 0.25) is 0 Å². The number of rotatable bonds is 6. The quantitative estimate of drug-likeness (QED) is 0.647. The van der Waals surface area contributed by atoms with E-state index in [1.54, 1.807) is 0 Å². The minimum Gasteiger partial charge on any atom is -0.481 e. The maximum absolute atomic E-state index is 12.0. The van der Waals surface area contributed by atoms with Crippen LogP contribution in [0.3, 0.4) is 0 Å². The standard InChI is InChI=1S/C15H20O4S/c16-14(17)13(9-12-7-4-8-20-12)15(18)19-10-11-5-2-1-3-6-11/h4,7-8,11,13H,1-3,5-6,9-10H2,(H,16,17)/t13-/m1/s1. The van der Waals surface area contributed by atoms with Crippen molar-refractivity contribution in [3.63, 3.8) is 0 Å². The van der Waals surface area contributed by atoms with Gasteiger partial charge in [-0.2, -0.15) is 0 Å². The molecule has 1 aliphatic rings. The number of thiophene rings is 1. The van der Waals surface area contributed by atoms with Crippen LogP contribution in [0, 0.1) is 11.8 Å². The van der Waals surface area contributed by atoms with E-state index in [1.807, 2.05) is 17.5 Å². The maximum Gasteiger partial charge on any atom is 0.320 e. The zero-order chi connectivity index (χ0) is 14.4. The van der Waals surface area contributed by atoms with Crippen molar-refractivity contribution < 1.29 is 19.4 Å². The molecule has 1 fully saturated rings. The smallest absolute Gasteiger partial charge is 0.320 e. The molecule has 0 saturated heterocycles. The van der Waals surface area contributed by atoms with E-state index in [9.17, 15) is 14.7 Å². The monoisotopic (exact) mass is 296 g/mol. The third-order valence-electron chi connectivity index (χ3n) is 3.75. The molecule has 1 saturated carbocycles. The lowest BCUT2D eigenvalue weighted by atomic mass is 9.90. The zero-order valence-corrected chi connectivity index (χ0v) is 12.2. The number of hydrogen-bond donors (Lipinski definition) is 1. The van der Waals surface area contributed by atoms with Crippen molar-refractivity contribution in [2.75, 3.05) is 6.61 Å². The van der Waals surface area contributed by atoms with Gasteiger partial charge in [0, 0.05) is 11.3 Å². The molecule has 110 valence electrons. The van der Waals surface area contributed by atoms with Gasteiger partial charge in [0.25, 0.3) is 0 Å². The fraction of sp³-hybridized carbons (Fsp3) is 0.600. The molecule has 20 heavy (non-hydrogen) atoms. The summed E-state index contributed by atoms with van der Waals surface area (Å²) in [6.45, 7) is 0.368. The van der Waals surface area contributed by atoms with Crippen LogP contribution in [0.4, 0.5) is 0 Å². The molecule has 1 atom stereocenters. The van der Waals surface area contributed by atoms with Crippen LogP contribution in [0.1, 0.15) is 37.0 Å². The molecule has 1 aromatic heterocycles. The molecule has 1 N–H and O–H groups in total. The Morgan fingerprint density at radius 3 is 2.70 bits per heavy atom. The molecule has 0 aromatic carbocycles. The van der Waals surface area contributed by atoms with E-state index in [1.165, 1.54) is 30.6 Å². The Kier molecular flexibility index (Phi) is 5.59. The molecule has 1 aromatic rings. The van der Waals surface area contributed by atoms with Crippen molar-refractivity contribution in [1.82, 2.24) is 0 Å². The van der Waals surface area contributed by atoms with Gasteiger partial charge >= 0.3 is 11.9 Å². The molecular formula is C15H20O4S. The number of esters is 1. The Balaban J connectivity index is 1.84. The number of ether oxygens (including phenoxy) is 1. The van der Waals surface area contributed by atoms with E-state index < -0.39 is 17.9 Å². The van der Waals surface area contributed by atoms with Gasteiger partial charge in [-0.25, -0.2) is 0 Å². The van der Waals surface area contributed by atoms with Crippen molar-refractivity contribution in [3.8, 4) is 0 Å². The van der Waals surface area contributed by atoms with E-state index in [2.05, 4.69) is 0 Å². The van der Waals surface area contributed by atoms with Crippen LogP contribution in [0.5, 0.6) is 0 Å². The number of aliphatic carboxylic acids is 1. The molecule has 0 unspecified atom stereocenters. The van der Waals surface area contributed by atoms with Crippen molar-refractivity contribution in [2.24, 2.45) is 11.8 Å². The average Bonchev–Trinajstić information content (AvgIpc) is 2.96. The lowest BCUT2D eigenvalue weighted by molar-refractivity contribution is -0.159. The maximum atomic E-state index is 12.0. The second-order valence-corrected chi connectivity index (χ2v) is 6.34. The van der Waals surface area contributed by atoms with Gasteiger partial charge in [0.05, 0.1) is 6.61 Å². The summed E-state index contributed by atoms with van der Waals surface area (Å²) < 4.78 is 5.24. The predicted octanol–water partition coefficient (Wildman–Crippen LogP) is 3.11. The topological polar surface area (TPSA) is 63.6 Å². The van der Waals surface area contributed by atoms with Crippen LogP contribution in [-0.4, -0.2) is 23.7 Å². The third kappa shape index (κ3) is 4.34. The molecular weight excluding hydrogens is 276 g/mol. The van der Waals surface area contributed by atoms with Crippen LogP contribution in [0.15, 0.2) is 17.5 Å². The minimum absolute atomic E-state index is 0.219. The van der Waals surface area contributed by atoms with Gasteiger partial charge in [-0.3, -0.25) is 9.59 Å². The van der Waals surface area contributed by atoms with Crippen LogP contribution in [0.2, 0.25) is 0 Å². The average molecular weight is 296 g/mol. The highest BCUT2D eigenvalue weighted by Crippen LogP contribution is 2.24. The second kappa shape index (κ2) is 7.43. The van der Waals surface area contributed by atoms with Gasteiger partial charge in [0.15, 0.2) is 5.92 Å². The number of carbonyl (C=O) groups excluding carboxylic acids is 1. The third-order valence-corrected chi connectivity index (χ3v) is 4.65. The highest BCUT2D eigenvalue weighted by atomic mass is 32.1. The molecule has 1 heterocycles. The van der Waals surface area contributed by atoms with Crippen LogP contribution < -0.4 is 0 Å². The number of carboxylic acids is 1. The van der Waals surface area contributed by atoms with E-state index in [-0.39, 0.29) is 6.42 Å². The van der Waals surface area contributed by atoms with Crippen LogP contribution in [-0.2, 0) is 20.7 Å². The van der Waals surface area contributed by atoms with Gasteiger partial charge in [-0.05, 0) is 30.2 Å². The number of carboxylic acid groups (broad SMARTS) is 1. The first-order chi connectivity index (χ1) is 9.66. The summed E-state index contributed by atoms with van der Waals surface area (Å²) in [5.74, 6) is -2.38. The van der Waals surface area contributed by atoms with Crippen molar-refractivity contribution in [3.05, 3.63) is 22.4 Å². The normalized spacial score (nSPS) is 17.6. The Morgan fingerprint density at radius 1 is 1.35 bits per heavy atom. The first kappa shape index (κ1) is 15.0. The number of carbonyl (C=O) groups is 2. The number of hydrogen-bond acceptors (Lipinski definition) is 4. The predicted molar refractivity (Wildman–Crippen MR) is 76.7 cm³/mol. The highest BCUT2D eigenvalue weighted by Gasteiger charge is 2.29. The van der Waals surface area contributed by atoms with Crippen LogP contribution in [0.25, 0.3) is 0 Å². The summed E-state index contributed by atoms with van der Waals surface area (Å²) in [7, 11) is 0. The fourth-order valence-electron chi connectivity index (χ4n) is 2.56. The lowest BCUT2D eigenvalue weighted by Crippen LogP contribution is -2.29. The fourth-order valence-corrected chi connectivity index (χ4v) is 3.31. The van der Waals surface area contributed by atoms with Gasteiger partial charge in [0.1, 0.15) is 0 Å². The molecule has 0 radical (unpaired) electrons. The SMILES string of the molecule is O=C(O)[C@@H](Cc1cccs1)C(=O)OCC1CCCCC1. The second-order valence-electron chi connectivity index (χ2n) is 5.31. The van der Waals surface area contributed by atoms with Crippen LogP contribution >= 0.6 is 11.3 Å². The Morgan fingerprint density at radius 2 is 2.10 bits per heavy atom. The van der Waals surface area contributed by atoms with Crippen molar-refractivity contribution >= 4 is 23.3 Å². The highest BCUT2D eigenvalue weighted by molar-refractivity contribution is 7.09.